The molecule has 1 aromatic heterocycles. The second kappa shape index (κ2) is 12.1. The quantitative estimate of drug-likeness (QED) is 0.215. The van der Waals surface area contributed by atoms with Crippen LogP contribution in [0.25, 0.3) is 11.4 Å². The summed E-state index contributed by atoms with van der Waals surface area (Å²) >= 11 is 7.65. The highest BCUT2D eigenvalue weighted by molar-refractivity contribution is 8.01. The number of hydrogen-bond acceptors (Lipinski definition) is 7. The number of esters is 1. The number of carbonyl (C=O) groups is 1. The van der Waals surface area contributed by atoms with E-state index in [-0.39, 0.29) is 5.97 Å². The molecule has 3 aromatic rings. The summed E-state index contributed by atoms with van der Waals surface area (Å²) in [7, 11) is 1.69. The predicted molar refractivity (Wildman–Crippen MR) is 148 cm³/mol. The molecule has 6 nitrogen and oxygen atoms in total. The van der Waals surface area contributed by atoms with Crippen LogP contribution in [0.4, 0.5) is 5.82 Å². The van der Waals surface area contributed by atoms with E-state index in [9.17, 15) is 4.79 Å². The van der Waals surface area contributed by atoms with E-state index in [0.29, 0.717) is 30.5 Å². The molecule has 1 heterocycles. The van der Waals surface area contributed by atoms with Crippen molar-refractivity contribution in [2.45, 2.75) is 56.4 Å². The second-order valence-electron chi connectivity index (χ2n) is 9.92. The maximum atomic E-state index is 12.6. The standard InChI is InChI=1S/C28H34ClN3O3S/c1-27(2,3)35-26(33)28(4,5)36-23-12-10-20(11-13-23)19-32(16-17-34-6)24-14-15-30-25(31-24)21-8-7-9-22(29)18-21/h7-15,18H,16-17,19H2,1-6H3. The Bertz CT molecular complexity index is 1160. The first kappa shape index (κ1) is 28.0. The van der Waals surface area contributed by atoms with Crippen molar-refractivity contribution < 1.29 is 14.3 Å². The number of halogens is 1. The lowest BCUT2D eigenvalue weighted by Crippen LogP contribution is -2.36. The molecule has 0 radical (unpaired) electrons. The summed E-state index contributed by atoms with van der Waals surface area (Å²) < 4.78 is 10.2. The molecule has 0 N–H and O–H groups in total. The third-order valence-electron chi connectivity index (χ3n) is 5.17. The summed E-state index contributed by atoms with van der Waals surface area (Å²) in [4.78, 5) is 25.0. The van der Waals surface area contributed by atoms with Crippen molar-refractivity contribution in [3.63, 3.8) is 0 Å². The Labute approximate surface area is 223 Å². The van der Waals surface area contributed by atoms with Gasteiger partial charge < -0.3 is 14.4 Å². The Balaban J connectivity index is 1.75. The van der Waals surface area contributed by atoms with Crippen molar-refractivity contribution in [2.24, 2.45) is 0 Å². The third-order valence-corrected chi connectivity index (χ3v) is 6.59. The van der Waals surface area contributed by atoms with E-state index in [1.165, 1.54) is 11.8 Å². The Morgan fingerprint density at radius 3 is 2.42 bits per heavy atom. The van der Waals surface area contributed by atoms with E-state index in [1.807, 2.05) is 77.1 Å². The van der Waals surface area contributed by atoms with Gasteiger partial charge in [0.1, 0.15) is 16.2 Å². The van der Waals surface area contributed by atoms with Crippen LogP contribution >= 0.6 is 23.4 Å². The van der Waals surface area contributed by atoms with Crippen molar-refractivity contribution >= 4 is 35.1 Å². The van der Waals surface area contributed by atoms with Crippen LogP contribution in [-0.2, 0) is 20.8 Å². The van der Waals surface area contributed by atoms with Crippen LogP contribution in [0.2, 0.25) is 5.02 Å². The molecule has 0 aliphatic rings. The number of methoxy groups -OCH3 is 1. The van der Waals surface area contributed by atoms with Gasteiger partial charge in [0.2, 0.25) is 0 Å². The van der Waals surface area contributed by atoms with Crippen LogP contribution in [0.1, 0.15) is 40.2 Å². The number of nitrogens with zero attached hydrogens (tertiary/aromatic N) is 3. The highest BCUT2D eigenvalue weighted by atomic mass is 35.5. The van der Waals surface area contributed by atoms with Crippen molar-refractivity contribution in [1.82, 2.24) is 9.97 Å². The van der Waals surface area contributed by atoms with E-state index < -0.39 is 10.3 Å². The summed E-state index contributed by atoms with van der Waals surface area (Å²) in [5.41, 5.74) is 1.47. The zero-order valence-corrected chi connectivity index (χ0v) is 23.3. The summed E-state index contributed by atoms with van der Waals surface area (Å²) in [5, 5.41) is 0.644. The van der Waals surface area contributed by atoms with Gasteiger partial charge in [-0.1, -0.05) is 35.9 Å². The first-order chi connectivity index (χ1) is 17.0. The minimum absolute atomic E-state index is 0.228. The molecule has 3 rings (SSSR count). The third kappa shape index (κ3) is 8.22. The van der Waals surface area contributed by atoms with Crippen molar-refractivity contribution in [3.05, 3.63) is 71.4 Å². The molecule has 0 fully saturated rings. The van der Waals surface area contributed by atoms with E-state index >= 15 is 0 Å². The lowest BCUT2D eigenvalue weighted by atomic mass is 10.1. The van der Waals surface area contributed by atoms with Gasteiger partial charge in [-0.15, -0.1) is 11.8 Å². The molecule has 0 aliphatic heterocycles. The number of rotatable bonds is 10. The van der Waals surface area contributed by atoms with Crippen LogP contribution in [0.5, 0.6) is 0 Å². The van der Waals surface area contributed by atoms with Crippen molar-refractivity contribution in [3.8, 4) is 11.4 Å². The Kier molecular flexibility index (Phi) is 9.39. The Morgan fingerprint density at radius 2 is 1.78 bits per heavy atom. The van der Waals surface area contributed by atoms with Crippen LogP contribution in [0.3, 0.4) is 0 Å². The minimum atomic E-state index is -0.697. The second-order valence-corrected chi connectivity index (χ2v) is 12.1. The number of thioether (sulfide) groups is 1. The Hall–Kier alpha value is -2.61. The maximum absolute atomic E-state index is 12.6. The van der Waals surface area contributed by atoms with Gasteiger partial charge in [-0.2, -0.15) is 0 Å². The summed E-state index contributed by atoms with van der Waals surface area (Å²) in [6.45, 7) is 11.3. The molecule has 0 aliphatic carbocycles. The molecular formula is C28H34ClN3O3S. The highest BCUT2D eigenvalue weighted by Gasteiger charge is 2.33. The maximum Gasteiger partial charge on any atom is 0.322 e. The van der Waals surface area contributed by atoms with E-state index in [2.05, 4.69) is 22.0 Å². The molecule has 8 heteroatoms. The van der Waals surface area contributed by atoms with E-state index in [4.69, 9.17) is 26.1 Å². The fourth-order valence-electron chi connectivity index (χ4n) is 3.39. The number of ether oxygens (including phenoxy) is 2. The van der Waals surface area contributed by atoms with E-state index in [1.54, 1.807) is 13.3 Å². The van der Waals surface area contributed by atoms with Crippen molar-refractivity contribution in [1.29, 1.82) is 0 Å². The molecule has 0 amide bonds. The van der Waals surface area contributed by atoms with Crippen LogP contribution in [0, 0.1) is 0 Å². The van der Waals surface area contributed by atoms with Gasteiger partial charge in [-0.25, -0.2) is 9.97 Å². The van der Waals surface area contributed by atoms with Gasteiger partial charge in [0, 0.05) is 41.9 Å². The molecule has 0 unspecified atom stereocenters. The lowest BCUT2D eigenvalue weighted by molar-refractivity contribution is -0.156. The smallest absolute Gasteiger partial charge is 0.322 e. The number of hydrogen-bond donors (Lipinski definition) is 0. The summed E-state index contributed by atoms with van der Waals surface area (Å²) in [5.74, 6) is 1.20. The lowest BCUT2D eigenvalue weighted by Gasteiger charge is -2.28. The zero-order valence-electron chi connectivity index (χ0n) is 21.7. The Morgan fingerprint density at radius 1 is 1.06 bits per heavy atom. The van der Waals surface area contributed by atoms with Gasteiger partial charge in [-0.05, 0) is 70.5 Å². The molecule has 36 heavy (non-hydrogen) atoms. The normalized spacial score (nSPS) is 11.9. The number of carbonyl (C=O) groups excluding carboxylic acids is 1. The highest BCUT2D eigenvalue weighted by Crippen LogP contribution is 2.35. The largest absolute Gasteiger partial charge is 0.459 e. The van der Waals surface area contributed by atoms with Gasteiger partial charge in [0.15, 0.2) is 5.82 Å². The molecule has 0 saturated heterocycles. The van der Waals surface area contributed by atoms with Gasteiger partial charge >= 0.3 is 5.97 Å². The fourth-order valence-corrected chi connectivity index (χ4v) is 4.57. The van der Waals surface area contributed by atoms with Gasteiger partial charge in [-0.3, -0.25) is 4.79 Å². The summed E-state index contributed by atoms with van der Waals surface area (Å²) in [6.07, 6.45) is 1.76. The first-order valence-electron chi connectivity index (χ1n) is 11.8. The average Bonchev–Trinajstić information content (AvgIpc) is 2.81. The molecule has 192 valence electrons. The topological polar surface area (TPSA) is 64.5 Å². The fraction of sp³-hybridized carbons (Fsp3) is 0.393. The number of anilines is 1. The van der Waals surface area contributed by atoms with Gasteiger partial charge in [0.25, 0.3) is 0 Å². The average molecular weight is 528 g/mol. The molecular weight excluding hydrogens is 494 g/mol. The SMILES string of the molecule is COCCN(Cc1ccc(SC(C)(C)C(=O)OC(C)(C)C)cc1)c1ccnc(-c2cccc(Cl)c2)n1. The summed E-state index contributed by atoms with van der Waals surface area (Å²) in [6, 6.07) is 17.7. The predicted octanol–water partition coefficient (Wildman–Crippen LogP) is 6.66. The molecule has 0 atom stereocenters. The van der Waals surface area contributed by atoms with Crippen LogP contribution in [-0.4, -0.2) is 46.5 Å². The molecule has 0 spiro atoms. The molecule has 0 bridgehead atoms. The monoisotopic (exact) mass is 527 g/mol. The van der Waals surface area contributed by atoms with Crippen molar-refractivity contribution in [2.75, 3.05) is 25.2 Å². The number of aromatic nitrogens is 2. The first-order valence-corrected chi connectivity index (χ1v) is 13.0. The number of benzene rings is 2. The molecule has 0 saturated carbocycles. The van der Waals surface area contributed by atoms with E-state index in [0.717, 1.165) is 21.8 Å². The van der Waals surface area contributed by atoms with Crippen LogP contribution in [0.15, 0.2) is 65.7 Å². The van der Waals surface area contributed by atoms with Crippen LogP contribution < -0.4 is 4.90 Å². The molecule has 2 aromatic carbocycles. The minimum Gasteiger partial charge on any atom is -0.459 e. The van der Waals surface area contributed by atoms with Gasteiger partial charge in [0.05, 0.1) is 6.61 Å². The zero-order chi connectivity index (χ0) is 26.3.